The highest BCUT2D eigenvalue weighted by Gasteiger charge is 2.28. The molecular formula is C21H27N3O5S. The van der Waals surface area contributed by atoms with Gasteiger partial charge in [0, 0.05) is 31.9 Å². The number of hydrogen-bond donors (Lipinski definition) is 1. The number of sulfonamides is 1. The van der Waals surface area contributed by atoms with Gasteiger partial charge in [0.05, 0.1) is 5.69 Å². The minimum absolute atomic E-state index is 0.0913. The minimum atomic E-state index is -3.88. The van der Waals surface area contributed by atoms with Crippen LogP contribution in [0.4, 0.5) is 5.69 Å². The number of hydrogen-bond acceptors (Lipinski definition) is 5. The van der Waals surface area contributed by atoms with E-state index in [1.165, 1.54) is 6.07 Å². The normalized spacial score (nSPS) is 17.1. The Morgan fingerprint density at radius 2 is 1.77 bits per heavy atom. The number of anilines is 1. The highest BCUT2D eigenvalue weighted by molar-refractivity contribution is 7.92. The number of ether oxygens (including phenoxy) is 2. The highest BCUT2D eigenvalue weighted by Crippen LogP contribution is 2.34. The molecule has 1 amide bonds. The largest absolute Gasteiger partial charge is 0.486 e. The minimum Gasteiger partial charge on any atom is -0.486 e. The Kier molecular flexibility index (Phi) is 5.40. The number of piperidine rings is 1. The number of carbonyl (C=O) groups is 1. The monoisotopic (exact) mass is 433 g/mol. The second kappa shape index (κ2) is 7.86. The lowest BCUT2D eigenvalue weighted by atomic mass is 9.99. The SMILES string of the molecule is Cc1c(S(=O)(=O)Nc2ccc3c(c2)OCCO3)cc(C(=O)N2CCC(C)CC2)n1C. The number of likely N-dealkylation sites (tertiary alicyclic amines) is 1. The van der Waals surface area contributed by atoms with E-state index in [1.54, 1.807) is 41.6 Å². The molecule has 0 aliphatic carbocycles. The molecular weight excluding hydrogens is 406 g/mol. The molecule has 0 atom stereocenters. The van der Waals surface area contributed by atoms with Crippen molar-refractivity contribution in [3.05, 3.63) is 35.7 Å². The maximum Gasteiger partial charge on any atom is 0.270 e. The van der Waals surface area contributed by atoms with Crippen molar-refractivity contribution in [3.63, 3.8) is 0 Å². The summed E-state index contributed by atoms with van der Waals surface area (Å²) >= 11 is 0. The highest BCUT2D eigenvalue weighted by atomic mass is 32.2. The number of amides is 1. The summed E-state index contributed by atoms with van der Waals surface area (Å²) in [5, 5.41) is 0. The van der Waals surface area contributed by atoms with Gasteiger partial charge in [-0.05, 0) is 43.9 Å². The zero-order valence-electron chi connectivity index (χ0n) is 17.5. The van der Waals surface area contributed by atoms with Gasteiger partial charge in [-0.2, -0.15) is 0 Å². The van der Waals surface area contributed by atoms with Crippen molar-refractivity contribution in [2.75, 3.05) is 31.0 Å². The predicted molar refractivity (Wildman–Crippen MR) is 113 cm³/mol. The van der Waals surface area contributed by atoms with Crippen LogP contribution in [0.3, 0.4) is 0 Å². The molecule has 0 unspecified atom stereocenters. The number of benzene rings is 1. The van der Waals surface area contributed by atoms with Gasteiger partial charge in [0.15, 0.2) is 11.5 Å². The summed E-state index contributed by atoms with van der Waals surface area (Å²) < 4.78 is 41.4. The maximum atomic E-state index is 13.1. The molecule has 8 nitrogen and oxygen atoms in total. The molecule has 0 radical (unpaired) electrons. The molecule has 4 rings (SSSR count). The molecule has 1 saturated heterocycles. The van der Waals surface area contributed by atoms with E-state index in [4.69, 9.17) is 9.47 Å². The van der Waals surface area contributed by atoms with Crippen molar-refractivity contribution in [1.29, 1.82) is 0 Å². The number of rotatable bonds is 4. The standard InChI is InChI=1S/C21H27N3O5S/c1-14-6-8-24(9-7-14)21(25)17-13-20(15(2)23(17)3)30(26,27)22-16-4-5-18-19(12-16)29-11-10-28-18/h4-5,12-14,22H,6-11H2,1-3H3. The fourth-order valence-electron chi connectivity index (χ4n) is 3.84. The average molecular weight is 434 g/mol. The van der Waals surface area contributed by atoms with Crippen molar-refractivity contribution in [1.82, 2.24) is 9.47 Å². The number of aromatic nitrogens is 1. The third kappa shape index (κ3) is 3.86. The first-order chi connectivity index (χ1) is 14.3. The van der Waals surface area contributed by atoms with Crippen LogP contribution in [0.5, 0.6) is 11.5 Å². The van der Waals surface area contributed by atoms with Crippen LogP contribution in [-0.4, -0.2) is 50.1 Å². The van der Waals surface area contributed by atoms with Crippen LogP contribution in [0.15, 0.2) is 29.2 Å². The fourth-order valence-corrected chi connectivity index (χ4v) is 5.18. The molecule has 2 aliphatic heterocycles. The molecule has 0 saturated carbocycles. The Morgan fingerprint density at radius 3 is 2.47 bits per heavy atom. The van der Waals surface area contributed by atoms with Crippen LogP contribution < -0.4 is 14.2 Å². The summed E-state index contributed by atoms with van der Waals surface area (Å²) in [4.78, 5) is 14.9. The topological polar surface area (TPSA) is 89.9 Å². The summed E-state index contributed by atoms with van der Waals surface area (Å²) in [6, 6.07) is 6.38. The Labute approximate surface area is 176 Å². The van der Waals surface area contributed by atoms with Crippen LogP contribution in [0, 0.1) is 12.8 Å². The van der Waals surface area contributed by atoms with E-state index in [9.17, 15) is 13.2 Å². The van der Waals surface area contributed by atoms with Crippen LogP contribution in [0.1, 0.15) is 35.9 Å². The zero-order valence-corrected chi connectivity index (χ0v) is 18.3. The van der Waals surface area contributed by atoms with Gasteiger partial charge in [-0.1, -0.05) is 6.92 Å². The summed E-state index contributed by atoms with van der Waals surface area (Å²) in [7, 11) is -2.16. The van der Waals surface area contributed by atoms with E-state index < -0.39 is 10.0 Å². The summed E-state index contributed by atoms with van der Waals surface area (Å²) in [6.45, 7) is 6.16. The van der Waals surface area contributed by atoms with E-state index in [-0.39, 0.29) is 10.8 Å². The molecule has 2 aromatic rings. The molecule has 9 heteroatoms. The number of nitrogens with one attached hydrogen (secondary N) is 1. The van der Waals surface area contributed by atoms with Gasteiger partial charge in [0.25, 0.3) is 15.9 Å². The van der Waals surface area contributed by atoms with Crippen molar-refractivity contribution in [2.45, 2.75) is 31.6 Å². The van der Waals surface area contributed by atoms with Gasteiger partial charge in [-0.15, -0.1) is 0 Å². The van der Waals surface area contributed by atoms with Crippen LogP contribution >= 0.6 is 0 Å². The number of nitrogens with zero attached hydrogens (tertiary/aromatic N) is 2. The first kappa shape index (κ1) is 20.6. The van der Waals surface area contributed by atoms with Crippen LogP contribution in [0.25, 0.3) is 0 Å². The molecule has 1 aromatic carbocycles. The first-order valence-electron chi connectivity index (χ1n) is 10.1. The Balaban J connectivity index is 1.59. The van der Waals surface area contributed by atoms with E-state index >= 15 is 0 Å². The smallest absolute Gasteiger partial charge is 0.270 e. The van der Waals surface area contributed by atoms with E-state index in [2.05, 4.69) is 11.6 Å². The zero-order chi connectivity index (χ0) is 21.5. The van der Waals surface area contributed by atoms with Crippen molar-refractivity contribution in [2.24, 2.45) is 13.0 Å². The molecule has 2 aliphatic rings. The summed E-state index contributed by atoms with van der Waals surface area (Å²) in [5.74, 6) is 1.56. The fraction of sp³-hybridized carbons (Fsp3) is 0.476. The van der Waals surface area contributed by atoms with Crippen molar-refractivity contribution >= 4 is 21.6 Å². The predicted octanol–water partition coefficient (Wildman–Crippen LogP) is 2.78. The van der Waals surface area contributed by atoms with Gasteiger partial charge in [0.1, 0.15) is 23.8 Å². The first-order valence-corrected chi connectivity index (χ1v) is 11.6. The van der Waals surface area contributed by atoms with Gasteiger partial charge in [-0.3, -0.25) is 9.52 Å². The van der Waals surface area contributed by atoms with Gasteiger partial charge in [0.2, 0.25) is 0 Å². The summed E-state index contributed by atoms with van der Waals surface area (Å²) in [6.07, 6.45) is 1.93. The van der Waals surface area contributed by atoms with E-state index in [1.807, 2.05) is 0 Å². The van der Waals surface area contributed by atoms with E-state index in [0.29, 0.717) is 60.8 Å². The third-order valence-electron chi connectivity index (χ3n) is 5.86. The molecule has 162 valence electrons. The molecule has 30 heavy (non-hydrogen) atoms. The van der Waals surface area contributed by atoms with Gasteiger partial charge >= 0.3 is 0 Å². The van der Waals surface area contributed by atoms with Gasteiger partial charge in [-0.25, -0.2) is 8.42 Å². The molecule has 3 heterocycles. The molecule has 1 fully saturated rings. The van der Waals surface area contributed by atoms with Crippen molar-refractivity contribution < 1.29 is 22.7 Å². The lowest BCUT2D eigenvalue weighted by Crippen LogP contribution is -2.38. The Bertz CT molecular complexity index is 1070. The second-order valence-corrected chi connectivity index (χ2v) is 9.63. The Hall–Kier alpha value is -2.68. The van der Waals surface area contributed by atoms with Crippen LogP contribution in [-0.2, 0) is 17.1 Å². The van der Waals surface area contributed by atoms with Gasteiger partial charge < -0.3 is 18.9 Å². The quantitative estimate of drug-likeness (QED) is 0.801. The number of carbonyl (C=O) groups excluding carboxylic acids is 1. The van der Waals surface area contributed by atoms with Crippen molar-refractivity contribution in [3.8, 4) is 11.5 Å². The third-order valence-corrected chi connectivity index (χ3v) is 7.36. The molecule has 1 aromatic heterocycles. The Morgan fingerprint density at radius 1 is 1.10 bits per heavy atom. The lowest BCUT2D eigenvalue weighted by Gasteiger charge is -2.30. The maximum absolute atomic E-state index is 13.1. The van der Waals surface area contributed by atoms with Crippen LogP contribution in [0.2, 0.25) is 0 Å². The lowest BCUT2D eigenvalue weighted by molar-refractivity contribution is 0.0687. The molecule has 1 N–H and O–H groups in total. The summed E-state index contributed by atoms with van der Waals surface area (Å²) in [5.41, 5.74) is 1.26. The molecule has 0 spiro atoms. The second-order valence-electron chi connectivity index (χ2n) is 7.98. The number of fused-ring (bicyclic) bond motifs is 1. The average Bonchev–Trinajstić information content (AvgIpc) is 3.03. The van der Waals surface area contributed by atoms with E-state index in [0.717, 1.165) is 12.8 Å². The molecule has 0 bridgehead atoms.